The topological polar surface area (TPSA) is 21.3 Å². The Hall–Kier alpha value is -1.92. The molecule has 0 fully saturated rings. The van der Waals surface area contributed by atoms with E-state index in [0.29, 0.717) is 6.54 Å². The number of aryl methyl sites for hydroxylation is 1. The molecule has 21 heavy (non-hydrogen) atoms. The van der Waals surface area contributed by atoms with E-state index < -0.39 is 0 Å². The predicted molar refractivity (Wildman–Crippen MR) is 91.6 cm³/mol. The maximum Gasteiger partial charge on any atom is 0.148 e. The molecule has 0 heterocycles. The van der Waals surface area contributed by atoms with Crippen LogP contribution in [0.15, 0.2) is 46.9 Å². The van der Waals surface area contributed by atoms with E-state index in [1.165, 1.54) is 5.56 Å². The summed E-state index contributed by atoms with van der Waals surface area (Å²) < 4.78 is 6.61. The second kappa shape index (κ2) is 7.75. The maximum absolute atomic E-state index is 5.59. The number of rotatable bonds is 6. The first-order chi connectivity index (χ1) is 10.2. The second-order valence-electron chi connectivity index (χ2n) is 4.61. The summed E-state index contributed by atoms with van der Waals surface area (Å²) in [5, 5.41) is 3.47. The third kappa shape index (κ3) is 4.27. The molecule has 1 N–H and O–H groups in total. The lowest BCUT2D eigenvalue weighted by atomic mass is 10.1. The van der Waals surface area contributed by atoms with Crippen molar-refractivity contribution in [1.82, 2.24) is 0 Å². The summed E-state index contributed by atoms with van der Waals surface area (Å²) in [6.07, 6.45) is 6.26. The summed E-state index contributed by atoms with van der Waals surface area (Å²) in [4.78, 5) is 0. The highest BCUT2D eigenvalue weighted by Gasteiger charge is 2.06. The van der Waals surface area contributed by atoms with Crippen LogP contribution in [-0.2, 0) is 13.0 Å². The molecular formula is C18H18BrNO. The zero-order chi connectivity index (χ0) is 15.1. The van der Waals surface area contributed by atoms with Gasteiger partial charge in [-0.3, -0.25) is 0 Å². The average Bonchev–Trinajstić information content (AvgIpc) is 2.52. The number of para-hydroxylation sites is 1. The highest BCUT2D eigenvalue weighted by atomic mass is 79.9. The molecule has 2 rings (SSSR count). The Labute approximate surface area is 134 Å². The molecular weight excluding hydrogens is 326 g/mol. The summed E-state index contributed by atoms with van der Waals surface area (Å²) in [6.45, 7) is 3.12. The van der Waals surface area contributed by atoms with Crippen molar-refractivity contribution in [1.29, 1.82) is 0 Å². The normalized spacial score (nSPS) is 9.95. The van der Waals surface area contributed by atoms with Gasteiger partial charge in [0.1, 0.15) is 12.4 Å². The number of nitrogens with one attached hydrogen (secondary N) is 1. The van der Waals surface area contributed by atoms with Gasteiger partial charge in [-0.15, -0.1) is 6.42 Å². The number of terminal acetylenes is 1. The third-order valence-corrected chi connectivity index (χ3v) is 3.69. The molecule has 0 aliphatic carbocycles. The van der Waals surface area contributed by atoms with E-state index in [9.17, 15) is 0 Å². The van der Waals surface area contributed by atoms with Crippen LogP contribution in [0.1, 0.15) is 18.1 Å². The fourth-order valence-corrected chi connectivity index (χ4v) is 2.55. The number of halogens is 1. The molecule has 0 unspecified atom stereocenters. The van der Waals surface area contributed by atoms with E-state index in [2.05, 4.69) is 52.3 Å². The van der Waals surface area contributed by atoms with Gasteiger partial charge >= 0.3 is 0 Å². The Balaban J connectivity index is 2.15. The zero-order valence-corrected chi connectivity index (χ0v) is 13.6. The maximum atomic E-state index is 5.59. The van der Waals surface area contributed by atoms with Crippen LogP contribution >= 0.6 is 15.9 Å². The van der Waals surface area contributed by atoms with Crippen molar-refractivity contribution < 1.29 is 4.74 Å². The molecule has 0 saturated carbocycles. The van der Waals surface area contributed by atoms with Crippen LogP contribution in [0.5, 0.6) is 5.75 Å². The highest BCUT2D eigenvalue weighted by molar-refractivity contribution is 9.10. The van der Waals surface area contributed by atoms with E-state index >= 15 is 0 Å². The van der Waals surface area contributed by atoms with Crippen molar-refractivity contribution >= 4 is 21.6 Å². The number of hydrogen-bond donors (Lipinski definition) is 1. The zero-order valence-electron chi connectivity index (χ0n) is 12.0. The van der Waals surface area contributed by atoms with Gasteiger partial charge in [0.05, 0.1) is 0 Å². The van der Waals surface area contributed by atoms with Crippen molar-refractivity contribution in [2.75, 3.05) is 11.9 Å². The smallest absolute Gasteiger partial charge is 0.148 e. The van der Waals surface area contributed by atoms with Crippen molar-refractivity contribution in [3.05, 3.63) is 58.1 Å². The average molecular weight is 344 g/mol. The van der Waals surface area contributed by atoms with E-state index in [-0.39, 0.29) is 6.61 Å². The molecule has 0 bridgehead atoms. The molecule has 2 nitrogen and oxygen atoms in total. The summed E-state index contributed by atoms with van der Waals surface area (Å²) >= 11 is 3.50. The van der Waals surface area contributed by atoms with E-state index in [1.807, 2.05) is 24.3 Å². The van der Waals surface area contributed by atoms with E-state index in [1.54, 1.807) is 0 Å². The van der Waals surface area contributed by atoms with Crippen LogP contribution in [-0.4, -0.2) is 6.61 Å². The molecule has 2 aromatic rings. The molecule has 3 heteroatoms. The molecule has 0 aromatic heterocycles. The van der Waals surface area contributed by atoms with Gasteiger partial charge in [-0.25, -0.2) is 0 Å². The molecule has 0 spiro atoms. The minimum absolute atomic E-state index is 0.278. The van der Waals surface area contributed by atoms with Gasteiger partial charge in [-0.1, -0.05) is 47.0 Å². The van der Waals surface area contributed by atoms with Crippen LogP contribution in [0.3, 0.4) is 0 Å². The standard InChI is InChI=1S/C18H18BrNO/c1-3-11-21-18-10-9-16(19)12-15(18)13-20-17-8-6-5-7-14(17)4-2/h1,5-10,12,20H,4,11,13H2,2H3. The van der Waals surface area contributed by atoms with Gasteiger partial charge in [0.25, 0.3) is 0 Å². The first kappa shape index (κ1) is 15.5. The summed E-state index contributed by atoms with van der Waals surface area (Å²) in [5.74, 6) is 3.31. The number of hydrogen-bond acceptors (Lipinski definition) is 2. The molecule has 0 saturated heterocycles. The Morgan fingerprint density at radius 2 is 2.00 bits per heavy atom. The lowest BCUT2D eigenvalue weighted by Crippen LogP contribution is -2.05. The van der Waals surface area contributed by atoms with Crippen molar-refractivity contribution in [3.8, 4) is 18.1 Å². The predicted octanol–water partition coefficient (Wildman–Crippen LogP) is 4.64. The Kier molecular flexibility index (Phi) is 5.71. The van der Waals surface area contributed by atoms with Gasteiger partial charge in [0, 0.05) is 22.3 Å². The monoisotopic (exact) mass is 343 g/mol. The van der Waals surface area contributed by atoms with Crippen LogP contribution in [0.25, 0.3) is 0 Å². The summed E-state index contributed by atoms with van der Waals surface area (Å²) in [7, 11) is 0. The second-order valence-corrected chi connectivity index (χ2v) is 5.52. The van der Waals surface area contributed by atoms with Gasteiger partial charge in [-0.2, -0.15) is 0 Å². The highest BCUT2D eigenvalue weighted by Crippen LogP contribution is 2.25. The lowest BCUT2D eigenvalue weighted by molar-refractivity contribution is 0.366. The lowest BCUT2D eigenvalue weighted by Gasteiger charge is -2.14. The Morgan fingerprint density at radius 3 is 2.76 bits per heavy atom. The fourth-order valence-electron chi connectivity index (χ4n) is 2.14. The van der Waals surface area contributed by atoms with Gasteiger partial charge in [-0.05, 0) is 36.2 Å². The summed E-state index contributed by atoms with van der Waals surface area (Å²) in [6, 6.07) is 14.3. The third-order valence-electron chi connectivity index (χ3n) is 3.20. The minimum Gasteiger partial charge on any atom is -0.481 e. The number of benzene rings is 2. The van der Waals surface area contributed by atoms with Crippen molar-refractivity contribution in [2.24, 2.45) is 0 Å². The summed E-state index contributed by atoms with van der Waals surface area (Å²) in [5.41, 5.74) is 3.53. The molecule has 0 radical (unpaired) electrons. The van der Waals surface area contributed by atoms with E-state index in [0.717, 1.165) is 27.9 Å². The largest absolute Gasteiger partial charge is 0.481 e. The van der Waals surface area contributed by atoms with Gasteiger partial charge in [0.2, 0.25) is 0 Å². The SMILES string of the molecule is C#CCOc1ccc(Br)cc1CNc1ccccc1CC. The van der Waals surface area contributed by atoms with E-state index in [4.69, 9.17) is 11.2 Å². The number of anilines is 1. The molecule has 2 aromatic carbocycles. The quantitative estimate of drug-likeness (QED) is 0.771. The fraction of sp³-hybridized carbons (Fsp3) is 0.222. The van der Waals surface area contributed by atoms with Crippen LogP contribution in [0.4, 0.5) is 5.69 Å². The molecule has 0 amide bonds. The van der Waals surface area contributed by atoms with Gasteiger partial charge in [0.15, 0.2) is 0 Å². The minimum atomic E-state index is 0.278. The molecule has 108 valence electrons. The van der Waals surface area contributed by atoms with Crippen LogP contribution in [0.2, 0.25) is 0 Å². The molecule has 0 aliphatic heterocycles. The molecule has 0 atom stereocenters. The van der Waals surface area contributed by atoms with Gasteiger partial charge < -0.3 is 10.1 Å². The van der Waals surface area contributed by atoms with Crippen LogP contribution < -0.4 is 10.1 Å². The van der Waals surface area contributed by atoms with Crippen molar-refractivity contribution in [2.45, 2.75) is 19.9 Å². The molecule has 0 aliphatic rings. The van der Waals surface area contributed by atoms with Crippen LogP contribution in [0, 0.1) is 12.3 Å². The Morgan fingerprint density at radius 1 is 1.19 bits per heavy atom. The first-order valence-electron chi connectivity index (χ1n) is 6.91. The van der Waals surface area contributed by atoms with Crippen molar-refractivity contribution in [3.63, 3.8) is 0 Å². The Bertz CT molecular complexity index is 646. The number of ether oxygens (including phenoxy) is 1. The first-order valence-corrected chi connectivity index (χ1v) is 7.70.